The van der Waals surface area contributed by atoms with Crippen molar-refractivity contribution in [3.63, 3.8) is 0 Å². The Labute approximate surface area is 129 Å². The van der Waals surface area contributed by atoms with Gasteiger partial charge in [-0.3, -0.25) is 4.79 Å². The van der Waals surface area contributed by atoms with E-state index in [-0.39, 0.29) is 11.9 Å². The summed E-state index contributed by atoms with van der Waals surface area (Å²) in [4.78, 5) is 12.4. The van der Waals surface area contributed by atoms with E-state index >= 15 is 0 Å². The number of halogens is 2. The van der Waals surface area contributed by atoms with Crippen molar-refractivity contribution in [2.45, 2.75) is 57.2 Å². The van der Waals surface area contributed by atoms with Crippen molar-refractivity contribution in [1.29, 1.82) is 0 Å². The molecule has 22 heavy (non-hydrogen) atoms. The quantitative estimate of drug-likeness (QED) is 0.901. The molecule has 4 atom stereocenters. The van der Waals surface area contributed by atoms with Crippen LogP contribution < -0.4 is 10.6 Å². The lowest BCUT2D eigenvalue weighted by Crippen LogP contribution is -2.44. The lowest BCUT2D eigenvalue weighted by Gasteiger charge is -2.24. The Morgan fingerprint density at radius 3 is 2.82 bits per heavy atom. The monoisotopic (exact) mass is 308 g/mol. The number of carbonyl (C=O) groups excluding carboxylic acids is 1. The summed E-state index contributed by atoms with van der Waals surface area (Å²) < 4.78 is 26.7. The van der Waals surface area contributed by atoms with Crippen molar-refractivity contribution in [1.82, 2.24) is 10.6 Å². The highest BCUT2D eigenvalue weighted by Crippen LogP contribution is 2.33. The van der Waals surface area contributed by atoms with Crippen molar-refractivity contribution in [3.8, 4) is 0 Å². The van der Waals surface area contributed by atoms with Crippen LogP contribution in [-0.2, 0) is 4.79 Å². The lowest BCUT2D eigenvalue weighted by atomic mass is 9.85. The zero-order valence-corrected chi connectivity index (χ0v) is 12.7. The Morgan fingerprint density at radius 2 is 2.09 bits per heavy atom. The summed E-state index contributed by atoms with van der Waals surface area (Å²) >= 11 is 0. The van der Waals surface area contributed by atoms with Gasteiger partial charge in [0.05, 0.1) is 12.1 Å². The maximum Gasteiger partial charge on any atom is 0.237 e. The van der Waals surface area contributed by atoms with Crippen molar-refractivity contribution in [2.24, 2.45) is 5.92 Å². The van der Waals surface area contributed by atoms with Gasteiger partial charge in [-0.2, -0.15) is 0 Å². The van der Waals surface area contributed by atoms with E-state index in [1.165, 1.54) is 31.4 Å². The minimum Gasteiger partial charge on any atom is -0.348 e. The molecule has 4 unspecified atom stereocenters. The Kier molecular flexibility index (Phi) is 4.43. The molecule has 0 aromatic heterocycles. The van der Waals surface area contributed by atoms with Gasteiger partial charge in [-0.05, 0) is 38.2 Å². The van der Waals surface area contributed by atoms with Crippen molar-refractivity contribution in [2.75, 3.05) is 0 Å². The normalized spacial score (nSPS) is 29.0. The number of hydrogen-bond donors (Lipinski definition) is 2. The second-order valence-corrected chi connectivity index (χ2v) is 6.50. The lowest BCUT2D eigenvalue weighted by molar-refractivity contribution is -0.123. The number of carbonyl (C=O) groups is 1. The van der Waals surface area contributed by atoms with Crippen LogP contribution in [0, 0.1) is 17.6 Å². The molecule has 1 aliphatic carbocycles. The highest BCUT2D eigenvalue weighted by atomic mass is 19.1. The number of hydrogen-bond acceptors (Lipinski definition) is 2. The summed E-state index contributed by atoms with van der Waals surface area (Å²) in [5.41, 5.74) is 0.310. The third kappa shape index (κ3) is 3.14. The molecule has 0 bridgehead atoms. The average molecular weight is 308 g/mol. The van der Waals surface area contributed by atoms with Gasteiger partial charge in [-0.25, -0.2) is 8.78 Å². The topological polar surface area (TPSA) is 41.1 Å². The number of rotatable bonds is 3. The van der Waals surface area contributed by atoms with Crippen molar-refractivity contribution in [3.05, 3.63) is 35.4 Å². The van der Waals surface area contributed by atoms with Crippen LogP contribution in [0.15, 0.2) is 18.2 Å². The zero-order valence-electron chi connectivity index (χ0n) is 12.7. The number of benzene rings is 1. The molecule has 2 aliphatic rings. The molecule has 1 saturated heterocycles. The predicted octanol–water partition coefficient (Wildman–Crippen LogP) is 3.06. The molecule has 1 saturated carbocycles. The smallest absolute Gasteiger partial charge is 0.237 e. The zero-order chi connectivity index (χ0) is 15.7. The van der Waals surface area contributed by atoms with Crippen LogP contribution in [0.4, 0.5) is 8.78 Å². The molecule has 1 aromatic rings. The Morgan fingerprint density at radius 1 is 1.32 bits per heavy atom. The summed E-state index contributed by atoms with van der Waals surface area (Å²) in [6, 6.07) is 3.22. The van der Waals surface area contributed by atoms with Crippen LogP contribution in [0.1, 0.15) is 50.6 Å². The Bertz CT molecular complexity index is 550. The van der Waals surface area contributed by atoms with Gasteiger partial charge in [-0.15, -0.1) is 0 Å². The summed E-state index contributed by atoms with van der Waals surface area (Å²) in [7, 11) is 0. The molecule has 2 fully saturated rings. The van der Waals surface area contributed by atoms with Crippen LogP contribution in [0.2, 0.25) is 0 Å². The highest BCUT2D eigenvalue weighted by Gasteiger charge is 2.38. The average Bonchev–Trinajstić information content (AvgIpc) is 2.91. The molecule has 120 valence electrons. The summed E-state index contributed by atoms with van der Waals surface area (Å²) in [5, 5.41) is 6.25. The molecular weight excluding hydrogens is 286 g/mol. The van der Waals surface area contributed by atoms with E-state index in [1.807, 2.05) is 0 Å². The molecule has 3 rings (SSSR count). The van der Waals surface area contributed by atoms with Gasteiger partial charge in [0.25, 0.3) is 0 Å². The molecule has 1 aromatic carbocycles. The molecule has 1 aliphatic heterocycles. The van der Waals surface area contributed by atoms with Crippen LogP contribution in [-0.4, -0.2) is 18.0 Å². The van der Waals surface area contributed by atoms with Crippen molar-refractivity contribution < 1.29 is 13.6 Å². The summed E-state index contributed by atoms with van der Waals surface area (Å²) in [6.07, 6.45) is 5.64. The SMILES string of the molecule is CC(NC(=O)C1CC2CCCCC2N1)c1ccc(F)cc1F. The minimum atomic E-state index is -0.624. The summed E-state index contributed by atoms with van der Waals surface area (Å²) in [5.74, 6) is -0.741. The van der Waals surface area contributed by atoms with Crippen LogP contribution in [0.3, 0.4) is 0 Å². The molecule has 0 spiro atoms. The molecule has 0 radical (unpaired) electrons. The first-order valence-electron chi connectivity index (χ1n) is 8.06. The predicted molar refractivity (Wildman–Crippen MR) is 80.2 cm³/mol. The minimum absolute atomic E-state index is 0.0920. The molecule has 1 heterocycles. The number of amides is 1. The van der Waals surface area contributed by atoms with Crippen LogP contribution in [0.5, 0.6) is 0 Å². The maximum absolute atomic E-state index is 13.8. The van der Waals surface area contributed by atoms with Gasteiger partial charge >= 0.3 is 0 Å². The van der Waals surface area contributed by atoms with Crippen molar-refractivity contribution >= 4 is 5.91 Å². The third-order valence-corrected chi connectivity index (χ3v) is 4.97. The molecular formula is C17H22F2N2O. The first-order chi connectivity index (χ1) is 10.5. The fraction of sp³-hybridized carbons (Fsp3) is 0.588. The first kappa shape index (κ1) is 15.4. The molecule has 5 heteroatoms. The van der Waals surface area contributed by atoms with E-state index in [9.17, 15) is 13.6 Å². The number of nitrogens with one attached hydrogen (secondary N) is 2. The maximum atomic E-state index is 13.8. The van der Waals surface area contributed by atoms with Gasteiger partial charge in [0.2, 0.25) is 5.91 Å². The molecule has 1 amide bonds. The fourth-order valence-electron chi connectivity index (χ4n) is 3.77. The largest absolute Gasteiger partial charge is 0.348 e. The first-order valence-corrected chi connectivity index (χ1v) is 8.06. The van der Waals surface area contributed by atoms with Crippen LogP contribution in [0.25, 0.3) is 0 Å². The van der Waals surface area contributed by atoms with Gasteiger partial charge in [0.15, 0.2) is 0 Å². The Hall–Kier alpha value is -1.49. The highest BCUT2D eigenvalue weighted by molar-refractivity contribution is 5.82. The van der Waals surface area contributed by atoms with E-state index < -0.39 is 17.7 Å². The molecule has 3 nitrogen and oxygen atoms in total. The Balaban J connectivity index is 1.61. The van der Waals surface area contributed by atoms with E-state index in [2.05, 4.69) is 10.6 Å². The van der Waals surface area contributed by atoms with E-state index in [4.69, 9.17) is 0 Å². The number of fused-ring (bicyclic) bond motifs is 1. The van der Waals surface area contributed by atoms with E-state index in [1.54, 1.807) is 6.92 Å². The van der Waals surface area contributed by atoms with Crippen LogP contribution >= 0.6 is 0 Å². The van der Waals surface area contributed by atoms with E-state index in [0.29, 0.717) is 17.5 Å². The van der Waals surface area contributed by atoms with E-state index in [0.717, 1.165) is 18.9 Å². The fourth-order valence-corrected chi connectivity index (χ4v) is 3.77. The van der Waals surface area contributed by atoms with Gasteiger partial charge < -0.3 is 10.6 Å². The molecule has 2 N–H and O–H groups in total. The van der Waals surface area contributed by atoms with Gasteiger partial charge in [-0.1, -0.05) is 18.9 Å². The standard InChI is InChI=1S/C17H22F2N2O/c1-10(13-7-6-12(18)9-14(13)19)20-17(22)16-8-11-4-2-3-5-15(11)21-16/h6-7,9-11,15-16,21H,2-5,8H2,1H3,(H,20,22). The second kappa shape index (κ2) is 6.32. The second-order valence-electron chi connectivity index (χ2n) is 6.50. The third-order valence-electron chi connectivity index (χ3n) is 4.97. The van der Waals surface area contributed by atoms with Gasteiger partial charge in [0, 0.05) is 17.7 Å². The summed E-state index contributed by atoms with van der Waals surface area (Å²) in [6.45, 7) is 1.72. The van der Waals surface area contributed by atoms with Gasteiger partial charge in [0.1, 0.15) is 11.6 Å².